The van der Waals surface area contributed by atoms with Gasteiger partial charge in [0.15, 0.2) is 9.84 Å². The smallest absolute Gasteiger partial charge is 0.449 e. The van der Waals surface area contributed by atoms with Crippen LogP contribution in [0.25, 0.3) is 10.4 Å². The third-order valence-electron chi connectivity index (χ3n) is 4.31. The van der Waals surface area contributed by atoms with Crippen molar-refractivity contribution >= 4 is 43.0 Å². The highest BCUT2D eigenvalue weighted by atomic mass is 32.2. The summed E-state index contributed by atoms with van der Waals surface area (Å²) in [6.07, 6.45) is -0.501. The molecule has 0 bridgehead atoms. The van der Waals surface area contributed by atoms with Gasteiger partial charge < -0.3 is 9.84 Å². The van der Waals surface area contributed by atoms with Crippen molar-refractivity contribution in [1.82, 2.24) is 0 Å². The second-order valence-corrected chi connectivity index (χ2v) is 11.5. The van der Waals surface area contributed by atoms with E-state index in [2.05, 4.69) is 4.72 Å². The van der Waals surface area contributed by atoms with Crippen LogP contribution < -0.4 is 9.46 Å². The number of benzene rings is 2. The van der Waals surface area contributed by atoms with Crippen LogP contribution in [0.4, 0.5) is 10.5 Å². The predicted octanol–water partition coefficient (Wildman–Crippen LogP) is 4.29. The molecule has 0 radical (unpaired) electrons. The molecule has 0 saturated heterocycles. The minimum atomic E-state index is -4.01. The summed E-state index contributed by atoms with van der Waals surface area (Å²) >= 11 is 0.917. The fourth-order valence-electron chi connectivity index (χ4n) is 2.91. The fraction of sp³-hybridized carbons (Fsp3) is 0.150. The van der Waals surface area contributed by atoms with Crippen LogP contribution in [0.1, 0.15) is 11.1 Å². The van der Waals surface area contributed by atoms with Gasteiger partial charge in [-0.3, -0.25) is 4.72 Å². The van der Waals surface area contributed by atoms with Crippen molar-refractivity contribution in [3.63, 3.8) is 0 Å². The van der Waals surface area contributed by atoms with Crippen LogP contribution in [-0.2, 0) is 19.9 Å². The molecule has 2 aromatic carbocycles. The molecule has 11 heteroatoms. The Kier molecular flexibility index (Phi) is 6.12. The fourth-order valence-corrected chi connectivity index (χ4v) is 5.85. The van der Waals surface area contributed by atoms with Crippen LogP contribution in [-0.4, -0.2) is 34.4 Å². The Morgan fingerprint density at radius 1 is 1.00 bits per heavy atom. The Hall–Kier alpha value is -2.89. The van der Waals surface area contributed by atoms with Gasteiger partial charge in [0.1, 0.15) is 5.69 Å². The number of carboxylic acid groups (broad SMARTS) is 1. The number of aryl methyl sites for hydroxylation is 2. The van der Waals surface area contributed by atoms with Gasteiger partial charge in [0, 0.05) is 11.1 Å². The lowest BCUT2D eigenvalue weighted by Crippen LogP contribution is -2.15. The maximum atomic E-state index is 12.9. The first-order valence-corrected chi connectivity index (χ1v) is 13.0. The molecule has 0 aliphatic rings. The highest BCUT2D eigenvalue weighted by molar-refractivity contribution is 7.92. The zero-order chi connectivity index (χ0) is 23.0. The van der Waals surface area contributed by atoms with Gasteiger partial charge in [-0.15, -0.1) is 0 Å². The Morgan fingerprint density at radius 2 is 1.65 bits per heavy atom. The number of hydrogen-bond acceptors (Lipinski definition) is 7. The second-order valence-electron chi connectivity index (χ2n) is 6.85. The van der Waals surface area contributed by atoms with Crippen LogP contribution in [0.5, 0.6) is 5.06 Å². The lowest BCUT2D eigenvalue weighted by molar-refractivity contribution is 0.146. The van der Waals surface area contributed by atoms with Crippen LogP contribution in [0.2, 0.25) is 0 Å². The summed E-state index contributed by atoms with van der Waals surface area (Å²) in [5, 5.41) is 8.88. The maximum absolute atomic E-state index is 12.9. The van der Waals surface area contributed by atoms with Gasteiger partial charge in [-0.2, -0.15) is 0 Å². The predicted molar refractivity (Wildman–Crippen MR) is 118 cm³/mol. The summed E-state index contributed by atoms with van der Waals surface area (Å²) in [6.45, 7) is 3.51. The van der Waals surface area contributed by atoms with Crippen LogP contribution in [0.15, 0.2) is 58.3 Å². The Balaban J connectivity index is 2.02. The summed E-state index contributed by atoms with van der Waals surface area (Å²) in [6, 6.07) is 12.2. The van der Waals surface area contributed by atoms with Gasteiger partial charge in [-0.1, -0.05) is 41.2 Å². The Bertz CT molecular complexity index is 1360. The largest absolute Gasteiger partial charge is 0.512 e. The second kappa shape index (κ2) is 8.33. The molecule has 0 atom stereocenters. The zero-order valence-electron chi connectivity index (χ0n) is 16.7. The van der Waals surface area contributed by atoms with Crippen molar-refractivity contribution in [2.75, 3.05) is 11.0 Å². The van der Waals surface area contributed by atoms with Crippen molar-refractivity contribution in [3.8, 4) is 15.5 Å². The third kappa shape index (κ3) is 5.24. The minimum Gasteiger partial charge on any atom is -0.449 e. The van der Waals surface area contributed by atoms with Gasteiger partial charge >= 0.3 is 6.16 Å². The first-order chi connectivity index (χ1) is 14.4. The molecule has 0 fully saturated rings. The van der Waals surface area contributed by atoms with E-state index < -0.39 is 26.0 Å². The Labute approximate surface area is 184 Å². The summed E-state index contributed by atoms with van der Waals surface area (Å²) in [5.41, 5.74) is 1.99. The molecule has 3 aromatic rings. The first-order valence-electron chi connectivity index (χ1n) is 8.82. The average Bonchev–Trinajstić information content (AvgIpc) is 3.01. The molecule has 1 aromatic heterocycles. The molecule has 31 heavy (non-hydrogen) atoms. The van der Waals surface area contributed by atoms with Crippen molar-refractivity contribution < 1.29 is 31.5 Å². The number of anilines is 1. The van der Waals surface area contributed by atoms with Crippen molar-refractivity contribution in [2.24, 2.45) is 0 Å². The SMILES string of the molecule is Cc1ccc(S(=O)(=O)Nc2cc(-c3ccc(S(C)(=O)=O)cc3)sc2OC(=O)O)c(C)c1. The quantitative estimate of drug-likeness (QED) is 0.503. The summed E-state index contributed by atoms with van der Waals surface area (Å²) in [5.74, 6) is 0. The number of thiophene rings is 1. The topological polar surface area (TPSA) is 127 Å². The number of sulfonamides is 1. The normalized spacial score (nSPS) is 11.8. The van der Waals surface area contributed by atoms with Gasteiger partial charge in [0.2, 0.25) is 5.06 Å². The number of carbonyl (C=O) groups is 1. The molecular weight excluding hydrogens is 462 g/mol. The highest BCUT2D eigenvalue weighted by Crippen LogP contribution is 2.42. The Morgan fingerprint density at radius 3 is 2.19 bits per heavy atom. The number of ether oxygens (including phenoxy) is 1. The van der Waals surface area contributed by atoms with Crippen molar-refractivity contribution in [3.05, 3.63) is 59.7 Å². The summed E-state index contributed by atoms with van der Waals surface area (Å²) < 4.78 is 56.2. The van der Waals surface area contributed by atoms with E-state index in [1.807, 2.05) is 6.92 Å². The van der Waals surface area contributed by atoms with E-state index in [0.717, 1.165) is 23.2 Å². The van der Waals surface area contributed by atoms with E-state index in [1.54, 1.807) is 31.2 Å². The van der Waals surface area contributed by atoms with Gasteiger partial charge in [-0.05, 0) is 49.2 Å². The monoisotopic (exact) mass is 481 g/mol. The van der Waals surface area contributed by atoms with Crippen LogP contribution >= 0.6 is 11.3 Å². The summed E-state index contributed by atoms with van der Waals surface area (Å²) in [4.78, 5) is 11.8. The molecule has 164 valence electrons. The standard InChI is InChI=1S/C20H19NO7S3/c1-12-4-9-18(13(2)10-12)31(26,27)21-16-11-17(29-19(16)28-20(22)23)14-5-7-15(8-6-14)30(3,24)25/h4-11,21H,1-3H3,(H,22,23). The zero-order valence-corrected chi connectivity index (χ0v) is 19.2. The number of nitrogens with one attached hydrogen (secondary N) is 1. The van der Waals surface area contributed by atoms with E-state index in [0.29, 0.717) is 16.0 Å². The lowest BCUT2D eigenvalue weighted by Gasteiger charge is -2.10. The van der Waals surface area contributed by atoms with E-state index in [-0.39, 0.29) is 20.5 Å². The lowest BCUT2D eigenvalue weighted by atomic mass is 10.2. The van der Waals surface area contributed by atoms with E-state index in [1.165, 1.54) is 24.3 Å². The van der Waals surface area contributed by atoms with Crippen LogP contribution in [0.3, 0.4) is 0 Å². The molecule has 0 unspecified atom stereocenters. The van der Waals surface area contributed by atoms with Gasteiger partial charge in [0.05, 0.1) is 9.79 Å². The average molecular weight is 482 g/mol. The molecular formula is C20H19NO7S3. The van der Waals surface area contributed by atoms with E-state index >= 15 is 0 Å². The molecule has 0 spiro atoms. The first kappa shape index (κ1) is 22.8. The molecule has 2 N–H and O–H groups in total. The third-order valence-corrected chi connectivity index (χ3v) is 8.03. The minimum absolute atomic E-state index is 0.0328. The molecule has 0 aliphatic heterocycles. The molecule has 0 aliphatic carbocycles. The highest BCUT2D eigenvalue weighted by Gasteiger charge is 2.23. The molecule has 1 heterocycles. The molecule has 0 saturated carbocycles. The van der Waals surface area contributed by atoms with Gasteiger partial charge in [-0.25, -0.2) is 21.6 Å². The van der Waals surface area contributed by atoms with Gasteiger partial charge in [0.25, 0.3) is 10.0 Å². The molecule has 3 rings (SSSR count). The van der Waals surface area contributed by atoms with E-state index in [9.17, 15) is 21.6 Å². The number of sulfone groups is 1. The van der Waals surface area contributed by atoms with Crippen molar-refractivity contribution in [2.45, 2.75) is 23.6 Å². The van der Waals surface area contributed by atoms with E-state index in [4.69, 9.17) is 9.84 Å². The molecule has 8 nitrogen and oxygen atoms in total. The maximum Gasteiger partial charge on any atom is 0.512 e. The van der Waals surface area contributed by atoms with Crippen LogP contribution in [0, 0.1) is 13.8 Å². The van der Waals surface area contributed by atoms with Crippen molar-refractivity contribution in [1.29, 1.82) is 0 Å². The number of rotatable bonds is 6. The number of hydrogen-bond donors (Lipinski definition) is 2. The molecule has 0 amide bonds. The summed E-state index contributed by atoms with van der Waals surface area (Å²) in [7, 11) is -7.38.